The molecule has 17 heavy (non-hydrogen) atoms. The van der Waals surface area contributed by atoms with Gasteiger partial charge in [-0.1, -0.05) is 6.07 Å². The van der Waals surface area contributed by atoms with Crippen molar-refractivity contribution < 1.29 is 0 Å². The van der Waals surface area contributed by atoms with Crippen LogP contribution in [-0.2, 0) is 0 Å². The molecule has 0 fully saturated rings. The molecule has 1 N–H and O–H groups in total. The van der Waals surface area contributed by atoms with Gasteiger partial charge in [0.1, 0.15) is 12.4 Å². The van der Waals surface area contributed by atoms with Crippen LogP contribution in [0.2, 0.25) is 0 Å². The molecule has 2 rings (SSSR count). The molecule has 6 heteroatoms. The molecule has 0 saturated heterocycles. The molecule has 0 saturated carbocycles. The van der Waals surface area contributed by atoms with E-state index in [4.69, 9.17) is 5.26 Å². The molecule has 0 radical (unpaired) electrons. The van der Waals surface area contributed by atoms with Crippen LogP contribution in [0.1, 0.15) is 24.4 Å². The minimum Gasteiger partial charge on any atom is -0.313 e. The lowest BCUT2D eigenvalue weighted by Gasteiger charge is -2.13. The highest BCUT2D eigenvalue weighted by atomic mass is 15.4. The number of nitrogens with zero attached hydrogens (tertiary/aromatic N) is 5. The Labute approximate surface area is 98.9 Å². The van der Waals surface area contributed by atoms with E-state index in [1.165, 1.54) is 11.0 Å². The Bertz CT molecular complexity index is 553. The van der Waals surface area contributed by atoms with Gasteiger partial charge in [0.2, 0.25) is 0 Å². The van der Waals surface area contributed by atoms with Crippen LogP contribution in [-0.4, -0.2) is 26.8 Å². The Balaban J connectivity index is 2.48. The maximum atomic E-state index is 8.70. The second kappa shape index (κ2) is 4.72. The fraction of sp³-hybridized carbons (Fsp3) is 0.273. The molecule has 2 heterocycles. The van der Waals surface area contributed by atoms with Crippen molar-refractivity contribution in [2.24, 2.45) is 0 Å². The molecule has 2 aromatic rings. The summed E-state index contributed by atoms with van der Waals surface area (Å²) in [7, 11) is 1.88. The van der Waals surface area contributed by atoms with Crippen LogP contribution >= 0.6 is 0 Å². The first kappa shape index (κ1) is 11.2. The number of nitrogens with one attached hydrogen (secondary N) is 1. The zero-order valence-electron chi connectivity index (χ0n) is 9.62. The summed E-state index contributed by atoms with van der Waals surface area (Å²) in [5, 5.41) is 15.9. The van der Waals surface area contributed by atoms with Crippen LogP contribution in [0, 0.1) is 11.3 Å². The summed E-state index contributed by atoms with van der Waals surface area (Å²) in [5.41, 5.74) is 1.00. The van der Waals surface area contributed by atoms with Crippen molar-refractivity contribution in [1.29, 1.82) is 5.26 Å². The van der Waals surface area contributed by atoms with Gasteiger partial charge >= 0.3 is 0 Å². The number of nitriles is 1. The van der Waals surface area contributed by atoms with Crippen LogP contribution in [0.25, 0.3) is 5.82 Å². The fourth-order valence-corrected chi connectivity index (χ4v) is 1.51. The van der Waals surface area contributed by atoms with Crippen molar-refractivity contribution in [1.82, 2.24) is 25.1 Å². The summed E-state index contributed by atoms with van der Waals surface area (Å²) in [4.78, 5) is 8.14. The SMILES string of the molecule is CNC(C)c1cccnc1-n1cnc(C#N)n1. The predicted molar refractivity (Wildman–Crippen MR) is 61.3 cm³/mol. The molecule has 0 bridgehead atoms. The Morgan fingerprint density at radius 2 is 2.29 bits per heavy atom. The number of hydrogen-bond acceptors (Lipinski definition) is 5. The van der Waals surface area contributed by atoms with E-state index in [9.17, 15) is 0 Å². The molecule has 0 aliphatic rings. The zero-order valence-corrected chi connectivity index (χ0v) is 9.62. The predicted octanol–water partition coefficient (Wildman–Crippen LogP) is 0.814. The van der Waals surface area contributed by atoms with E-state index < -0.39 is 0 Å². The van der Waals surface area contributed by atoms with Gasteiger partial charge in [0.15, 0.2) is 5.82 Å². The van der Waals surface area contributed by atoms with Gasteiger partial charge in [-0.15, -0.1) is 5.10 Å². The summed E-state index contributed by atoms with van der Waals surface area (Å²) >= 11 is 0. The normalized spacial score (nSPS) is 12.1. The maximum absolute atomic E-state index is 8.70. The highest BCUT2D eigenvalue weighted by Gasteiger charge is 2.12. The molecule has 0 spiro atoms. The molecule has 6 nitrogen and oxygen atoms in total. The molecule has 2 aromatic heterocycles. The van der Waals surface area contributed by atoms with Crippen LogP contribution < -0.4 is 5.32 Å². The van der Waals surface area contributed by atoms with Crippen LogP contribution in [0.4, 0.5) is 0 Å². The van der Waals surface area contributed by atoms with Gasteiger partial charge in [0, 0.05) is 17.8 Å². The van der Waals surface area contributed by atoms with Crippen LogP contribution in [0.5, 0.6) is 0 Å². The van der Waals surface area contributed by atoms with Crippen molar-refractivity contribution in [2.45, 2.75) is 13.0 Å². The molecule has 0 aliphatic carbocycles. The highest BCUT2D eigenvalue weighted by Crippen LogP contribution is 2.17. The maximum Gasteiger partial charge on any atom is 0.252 e. The second-order valence-corrected chi connectivity index (χ2v) is 3.55. The molecular formula is C11H12N6. The van der Waals surface area contributed by atoms with Crippen molar-refractivity contribution in [2.75, 3.05) is 7.05 Å². The standard InChI is InChI=1S/C11H12N6/c1-8(13-2)9-4-3-5-14-11(9)17-7-15-10(6-12)16-17/h3-5,7-8,13H,1-2H3. The molecule has 0 aliphatic heterocycles. The Hall–Kier alpha value is -2.26. The van der Waals surface area contributed by atoms with E-state index >= 15 is 0 Å². The van der Waals surface area contributed by atoms with E-state index in [0.29, 0.717) is 5.82 Å². The van der Waals surface area contributed by atoms with Gasteiger partial charge in [-0.05, 0) is 20.0 Å². The number of pyridine rings is 1. The third-order valence-electron chi connectivity index (χ3n) is 2.53. The first-order valence-electron chi connectivity index (χ1n) is 5.20. The monoisotopic (exact) mass is 228 g/mol. The van der Waals surface area contributed by atoms with Crippen molar-refractivity contribution in [3.8, 4) is 11.9 Å². The summed E-state index contributed by atoms with van der Waals surface area (Å²) in [6, 6.07) is 5.88. The van der Waals surface area contributed by atoms with E-state index in [2.05, 4.69) is 20.4 Å². The smallest absolute Gasteiger partial charge is 0.252 e. The zero-order chi connectivity index (χ0) is 12.3. The van der Waals surface area contributed by atoms with Crippen LogP contribution in [0.15, 0.2) is 24.7 Å². The molecule has 0 aromatic carbocycles. The third kappa shape index (κ3) is 2.14. The van der Waals surface area contributed by atoms with Gasteiger partial charge in [-0.25, -0.2) is 14.6 Å². The lowest BCUT2D eigenvalue weighted by Crippen LogP contribution is -2.16. The average molecular weight is 228 g/mol. The molecule has 1 unspecified atom stereocenters. The minimum atomic E-state index is 0.138. The summed E-state index contributed by atoms with van der Waals surface area (Å²) in [5.74, 6) is 0.821. The van der Waals surface area contributed by atoms with E-state index in [-0.39, 0.29) is 11.9 Å². The fourth-order valence-electron chi connectivity index (χ4n) is 1.51. The van der Waals surface area contributed by atoms with E-state index in [1.54, 1.807) is 6.20 Å². The Morgan fingerprint density at radius 1 is 1.47 bits per heavy atom. The largest absolute Gasteiger partial charge is 0.313 e. The van der Waals surface area contributed by atoms with Crippen molar-refractivity contribution in [3.05, 3.63) is 36.0 Å². The van der Waals surface area contributed by atoms with Crippen molar-refractivity contribution in [3.63, 3.8) is 0 Å². The summed E-state index contributed by atoms with van der Waals surface area (Å²) in [6.07, 6.45) is 3.18. The molecule has 0 amide bonds. The second-order valence-electron chi connectivity index (χ2n) is 3.55. The molecular weight excluding hydrogens is 216 g/mol. The lowest BCUT2D eigenvalue weighted by atomic mass is 10.1. The molecule has 1 atom stereocenters. The van der Waals surface area contributed by atoms with Gasteiger partial charge in [-0.2, -0.15) is 5.26 Å². The van der Waals surface area contributed by atoms with Gasteiger partial charge in [0.25, 0.3) is 5.82 Å². The third-order valence-corrected chi connectivity index (χ3v) is 2.53. The number of rotatable bonds is 3. The summed E-state index contributed by atoms with van der Waals surface area (Å²) < 4.78 is 1.52. The first-order chi connectivity index (χ1) is 8.26. The average Bonchev–Trinajstić information content (AvgIpc) is 2.86. The number of hydrogen-bond donors (Lipinski definition) is 1. The number of aromatic nitrogens is 4. The quantitative estimate of drug-likeness (QED) is 0.841. The van der Waals surface area contributed by atoms with Gasteiger partial charge < -0.3 is 5.32 Å². The Morgan fingerprint density at radius 3 is 2.94 bits per heavy atom. The van der Waals surface area contributed by atoms with Gasteiger partial charge in [-0.3, -0.25) is 0 Å². The van der Waals surface area contributed by atoms with Gasteiger partial charge in [0.05, 0.1) is 0 Å². The summed E-state index contributed by atoms with van der Waals surface area (Å²) in [6.45, 7) is 2.03. The van der Waals surface area contributed by atoms with E-state index in [1.807, 2.05) is 32.2 Å². The lowest BCUT2D eigenvalue weighted by molar-refractivity contribution is 0.638. The highest BCUT2D eigenvalue weighted by molar-refractivity contribution is 5.35. The Kier molecular flexibility index (Phi) is 3.12. The van der Waals surface area contributed by atoms with Crippen molar-refractivity contribution >= 4 is 0 Å². The first-order valence-corrected chi connectivity index (χ1v) is 5.20. The van der Waals surface area contributed by atoms with E-state index in [0.717, 1.165) is 5.56 Å². The minimum absolute atomic E-state index is 0.138. The molecule has 86 valence electrons. The van der Waals surface area contributed by atoms with Crippen LogP contribution in [0.3, 0.4) is 0 Å². The topological polar surface area (TPSA) is 79.4 Å².